The Bertz CT molecular complexity index is 830. The predicted octanol–water partition coefficient (Wildman–Crippen LogP) is 2.76. The summed E-state index contributed by atoms with van der Waals surface area (Å²) in [5.41, 5.74) is 1.14. The summed E-state index contributed by atoms with van der Waals surface area (Å²) in [6, 6.07) is 3.61. The Morgan fingerprint density at radius 3 is 2.50 bits per heavy atom. The van der Waals surface area contributed by atoms with Crippen molar-refractivity contribution in [2.24, 2.45) is 5.92 Å². The van der Waals surface area contributed by atoms with Crippen LogP contribution in [0.1, 0.15) is 66.1 Å². The zero-order chi connectivity index (χ0) is 17.5. The lowest BCUT2D eigenvalue weighted by Crippen LogP contribution is -2.36. The minimum Gasteiger partial charge on any atom is -0.297 e. The molecular weight excluding hydrogens is 346 g/mol. The first kappa shape index (κ1) is 16.6. The van der Waals surface area contributed by atoms with E-state index in [9.17, 15) is 4.79 Å². The van der Waals surface area contributed by atoms with Gasteiger partial charge in [0.25, 0.3) is 5.56 Å². The molecule has 138 valence electrons. The molecule has 26 heavy (non-hydrogen) atoms. The average Bonchev–Trinajstić information content (AvgIpc) is 3.57. The molecule has 7 heteroatoms. The Labute approximate surface area is 157 Å². The minimum atomic E-state index is 0.0401. The molecule has 3 aliphatic rings. The molecule has 2 saturated carbocycles. The molecule has 2 aromatic rings. The second-order valence-corrected chi connectivity index (χ2v) is 9.17. The molecule has 5 rings (SSSR count). The zero-order valence-electron chi connectivity index (χ0n) is 15.0. The fourth-order valence-corrected chi connectivity index (χ4v) is 4.84. The van der Waals surface area contributed by atoms with Gasteiger partial charge in [-0.25, -0.2) is 4.68 Å². The summed E-state index contributed by atoms with van der Waals surface area (Å²) < 4.78 is 1.71. The minimum absolute atomic E-state index is 0.0401. The van der Waals surface area contributed by atoms with Crippen molar-refractivity contribution in [3.05, 3.63) is 38.2 Å². The van der Waals surface area contributed by atoms with Gasteiger partial charge in [0.05, 0.1) is 12.2 Å². The Morgan fingerprint density at radius 2 is 1.77 bits per heavy atom. The van der Waals surface area contributed by atoms with Gasteiger partial charge >= 0.3 is 0 Å². The van der Waals surface area contributed by atoms with Crippen LogP contribution >= 0.6 is 11.3 Å². The molecule has 3 heterocycles. The Morgan fingerprint density at radius 1 is 1.00 bits per heavy atom. The third kappa shape index (κ3) is 3.74. The van der Waals surface area contributed by atoms with Gasteiger partial charge in [-0.3, -0.25) is 9.69 Å². The molecule has 6 nitrogen and oxygen atoms in total. The van der Waals surface area contributed by atoms with E-state index < -0.39 is 0 Å². The van der Waals surface area contributed by atoms with Crippen molar-refractivity contribution in [3.8, 4) is 0 Å². The van der Waals surface area contributed by atoms with Gasteiger partial charge in [0, 0.05) is 24.4 Å². The second-order valence-electron chi connectivity index (χ2n) is 8.08. The highest BCUT2D eigenvalue weighted by Crippen LogP contribution is 2.41. The first-order valence-corrected chi connectivity index (χ1v) is 10.7. The summed E-state index contributed by atoms with van der Waals surface area (Å²) in [6.07, 6.45) is 7.26. The van der Waals surface area contributed by atoms with E-state index in [0.29, 0.717) is 17.8 Å². The molecule has 0 radical (unpaired) electrons. The maximum atomic E-state index is 12.1. The van der Waals surface area contributed by atoms with E-state index in [1.54, 1.807) is 22.1 Å². The van der Waals surface area contributed by atoms with Crippen LogP contribution in [0, 0.1) is 5.92 Å². The summed E-state index contributed by atoms with van der Waals surface area (Å²) in [7, 11) is 0. The molecule has 0 unspecified atom stereocenters. The van der Waals surface area contributed by atoms with E-state index in [-0.39, 0.29) is 5.56 Å². The van der Waals surface area contributed by atoms with E-state index in [1.807, 2.05) is 6.07 Å². The molecule has 0 bridgehead atoms. The van der Waals surface area contributed by atoms with Gasteiger partial charge < -0.3 is 0 Å². The van der Waals surface area contributed by atoms with Crippen LogP contribution in [0.2, 0.25) is 0 Å². The largest absolute Gasteiger partial charge is 0.297 e. The fourth-order valence-electron chi connectivity index (χ4n) is 3.78. The van der Waals surface area contributed by atoms with Crippen LogP contribution in [0.15, 0.2) is 16.9 Å². The van der Waals surface area contributed by atoms with Crippen LogP contribution in [-0.2, 0) is 13.1 Å². The van der Waals surface area contributed by atoms with Gasteiger partial charge in [0.1, 0.15) is 10.0 Å². The van der Waals surface area contributed by atoms with E-state index >= 15 is 0 Å². The molecule has 0 amide bonds. The predicted molar refractivity (Wildman–Crippen MR) is 100 cm³/mol. The third-order valence-corrected chi connectivity index (χ3v) is 6.86. The van der Waals surface area contributed by atoms with Gasteiger partial charge in [-0.1, -0.05) is 11.3 Å². The van der Waals surface area contributed by atoms with Crippen LogP contribution in [0.5, 0.6) is 0 Å². The number of piperidine rings is 1. The van der Waals surface area contributed by atoms with Crippen LogP contribution in [-0.4, -0.2) is 38.0 Å². The fraction of sp³-hybridized carbons (Fsp3) is 0.684. The first-order valence-electron chi connectivity index (χ1n) is 9.87. The third-order valence-electron chi connectivity index (χ3n) is 5.79. The number of hydrogen-bond donors (Lipinski definition) is 0. The van der Waals surface area contributed by atoms with Crippen LogP contribution in [0.4, 0.5) is 0 Å². The van der Waals surface area contributed by atoms with Crippen molar-refractivity contribution in [1.29, 1.82) is 0 Å². The number of nitrogens with zero attached hydrogens (tertiary/aromatic N) is 5. The molecule has 0 atom stereocenters. The highest BCUT2D eigenvalue weighted by molar-refractivity contribution is 7.11. The molecule has 1 aliphatic heterocycles. The lowest BCUT2D eigenvalue weighted by Gasteiger charge is -2.31. The van der Waals surface area contributed by atoms with Crippen LogP contribution < -0.4 is 5.56 Å². The molecular formula is C19H25N5OS. The van der Waals surface area contributed by atoms with Crippen molar-refractivity contribution >= 4 is 11.3 Å². The molecule has 3 fully saturated rings. The number of rotatable bonds is 6. The standard InChI is InChI=1S/C19H25N5OS/c25-18-6-5-16(14-1-2-14)22-24(18)11-13-7-9-23(10-8-13)12-17-20-21-19(26-17)15-3-4-15/h5-6,13-15H,1-4,7-12H2. The highest BCUT2D eigenvalue weighted by atomic mass is 32.1. The van der Waals surface area contributed by atoms with Crippen LogP contribution in [0.25, 0.3) is 0 Å². The number of aromatic nitrogens is 4. The average molecular weight is 372 g/mol. The number of hydrogen-bond acceptors (Lipinski definition) is 6. The first-order chi connectivity index (χ1) is 12.7. The van der Waals surface area contributed by atoms with Crippen molar-refractivity contribution in [1.82, 2.24) is 24.9 Å². The quantitative estimate of drug-likeness (QED) is 0.781. The topological polar surface area (TPSA) is 63.9 Å². The van der Waals surface area contributed by atoms with Gasteiger partial charge in [0.2, 0.25) is 0 Å². The highest BCUT2D eigenvalue weighted by Gasteiger charge is 2.29. The van der Waals surface area contributed by atoms with Gasteiger partial charge in [-0.2, -0.15) is 5.10 Å². The van der Waals surface area contributed by atoms with Gasteiger partial charge in [0.15, 0.2) is 0 Å². The summed E-state index contributed by atoms with van der Waals surface area (Å²) in [6.45, 7) is 3.82. The van der Waals surface area contributed by atoms with Crippen molar-refractivity contribution in [2.45, 2.75) is 63.5 Å². The number of likely N-dealkylation sites (tertiary alicyclic amines) is 1. The van der Waals surface area contributed by atoms with E-state index in [4.69, 9.17) is 0 Å². The lowest BCUT2D eigenvalue weighted by atomic mass is 9.97. The van der Waals surface area contributed by atoms with Crippen molar-refractivity contribution in [3.63, 3.8) is 0 Å². The van der Waals surface area contributed by atoms with Gasteiger partial charge in [-0.15, -0.1) is 10.2 Å². The summed E-state index contributed by atoms with van der Waals surface area (Å²) >= 11 is 1.79. The Hall–Kier alpha value is -1.60. The van der Waals surface area contributed by atoms with E-state index in [0.717, 1.165) is 49.7 Å². The molecule has 2 aromatic heterocycles. The second kappa shape index (κ2) is 6.85. The van der Waals surface area contributed by atoms with E-state index in [2.05, 4.69) is 20.2 Å². The molecule has 0 N–H and O–H groups in total. The summed E-state index contributed by atoms with van der Waals surface area (Å²) in [5, 5.41) is 15.7. The normalized spacial score (nSPS) is 22.0. The smallest absolute Gasteiger partial charge is 0.266 e. The van der Waals surface area contributed by atoms with Crippen molar-refractivity contribution in [2.75, 3.05) is 13.1 Å². The zero-order valence-corrected chi connectivity index (χ0v) is 15.8. The monoisotopic (exact) mass is 371 g/mol. The van der Waals surface area contributed by atoms with E-state index in [1.165, 1.54) is 30.7 Å². The summed E-state index contributed by atoms with van der Waals surface area (Å²) in [5.74, 6) is 1.84. The summed E-state index contributed by atoms with van der Waals surface area (Å²) in [4.78, 5) is 14.6. The van der Waals surface area contributed by atoms with Crippen molar-refractivity contribution < 1.29 is 0 Å². The molecule has 0 aromatic carbocycles. The Kier molecular flexibility index (Phi) is 4.36. The maximum Gasteiger partial charge on any atom is 0.266 e. The molecule has 2 aliphatic carbocycles. The SMILES string of the molecule is O=c1ccc(C2CC2)nn1CC1CCN(Cc2nnc(C3CC3)s2)CC1. The molecule has 0 spiro atoms. The van der Waals surface area contributed by atoms with Crippen LogP contribution in [0.3, 0.4) is 0 Å². The Balaban J connectivity index is 1.15. The molecule has 1 saturated heterocycles. The van der Waals surface area contributed by atoms with Gasteiger partial charge in [-0.05, 0) is 63.6 Å². The lowest BCUT2D eigenvalue weighted by molar-refractivity contribution is 0.163. The maximum absolute atomic E-state index is 12.1.